The summed E-state index contributed by atoms with van der Waals surface area (Å²) in [6, 6.07) is 12.6. The number of benzene rings is 2. The first-order chi connectivity index (χ1) is 16.3. The molecule has 0 saturated carbocycles. The van der Waals surface area contributed by atoms with Crippen molar-refractivity contribution in [1.82, 2.24) is 15.1 Å². The molecule has 2 amide bonds. The van der Waals surface area contributed by atoms with E-state index in [0.29, 0.717) is 44.0 Å². The van der Waals surface area contributed by atoms with Crippen LogP contribution in [0.1, 0.15) is 47.7 Å². The highest BCUT2D eigenvalue weighted by molar-refractivity contribution is 6.00. The second-order valence-electron chi connectivity index (χ2n) is 9.26. The summed E-state index contributed by atoms with van der Waals surface area (Å²) in [4.78, 5) is 27.2. The number of halogens is 2. The summed E-state index contributed by atoms with van der Waals surface area (Å²) in [5, 5.41) is 13.2. The molecule has 0 bridgehead atoms. The van der Waals surface area contributed by atoms with Gasteiger partial charge in [-0.2, -0.15) is 0 Å². The molecule has 2 atom stereocenters. The third-order valence-corrected chi connectivity index (χ3v) is 6.78. The highest BCUT2D eigenvalue weighted by Crippen LogP contribution is 2.39. The van der Waals surface area contributed by atoms with Gasteiger partial charge < -0.3 is 9.84 Å². The number of ether oxygens (including phenoxy) is 1. The number of aliphatic hydroxyl groups excluding tert-OH is 1. The van der Waals surface area contributed by atoms with Crippen LogP contribution in [0.4, 0.5) is 8.78 Å². The zero-order valence-electron chi connectivity index (χ0n) is 18.7. The maximum absolute atomic E-state index is 13.4. The molecule has 3 heterocycles. The highest BCUT2D eigenvalue weighted by Gasteiger charge is 2.41. The molecule has 2 saturated heterocycles. The lowest BCUT2D eigenvalue weighted by atomic mass is 10.0. The summed E-state index contributed by atoms with van der Waals surface area (Å²) in [6.07, 6.45) is -0.418. The van der Waals surface area contributed by atoms with Crippen molar-refractivity contribution in [3.63, 3.8) is 0 Å². The Hall–Kier alpha value is -2.88. The van der Waals surface area contributed by atoms with Crippen molar-refractivity contribution in [2.24, 2.45) is 0 Å². The number of fused-ring (bicyclic) bond motifs is 1. The summed E-state index contributed by atoms with van der Waals surface area (Å²) >= 11 is 0. The minimum Gasteiger partial charge on any atom is -0.489 e. The molecule has 2 N–H and O–H groups in total. The summed E-state index contributed by atoms with van der Waals surface area (Å²) in [7, 11) is 0. The van der Waals surface area contributed by atoms with Crippen LogP contribution in [0.15, 0.2) is 42.5 Å². The minimum atomic E-state index is -2.59. The van der Waals surface area contributed by atoms with Crippen LogP contribution < -0.4 is 10.1 Å². The molecular formula is C25H27F2N3O4. The van der Waals surface area contributed by atoms with Crippen molar-refractivity contribution in [2.45, 2.75) is 57.2 Å². The van der Waals surface area contributed by atoms with Crippen molar-refractivity contribution in [1.29, 1.82) is 0 Å². The molecule has 3 aliphatic rings. The summed E-state index contributed by atoms with van der Waals surface area (Å²) in [5.41, 5.74) is 3.44. The Balaban J connectivity index is 1.22. The topological polar surface area (TPSA) is 82.1 Å². The van der Waals surface area contributed by atoms with Gasteiger partial charge >= 0.3 is 0 Å². The van der Waals surface area contributed by atoms with E-state index in [2.05, 4.69) is 5.32 Å². The third-order valence-electron chi connectivity index (χ3n) is 6.78. The van der Waals surface area contributed by atoms with Crippen LogP contribution in [0, 0.1) is 0 Å². The van der Waals surface area contributed by atoms with Gasteiger partial charge in [0, 0.05) is 43.6 Å². The first-order valence-corrected chi connectivity index (χ1v) is 11.5. The smallest absolute Gasteiger partial charge is 0.261 e. The number of hydrogen-bond donors (Lipinski definition) is 2. The van der Waals surface area contributed by atoms with Gasteiger partial charge in [-0.05, 0) is 23.6 Å². The van der Waals surface area contributed by atoms with Gasteiger partial charge in [-0.15, -0.1) is 0 Å². The molecule has 0 aliphatic carbocycles. The number of carbonyl (C=O) groups excluding carboxylic acids is 2. The first-order valence-electron chi connectivity index (χ1n) is 11.5. The van der Waals surface area contributed by atoms with Crippen LogP contribution >= 0.6 is 0 Å². The minimum absolute atomic E-state index is 0.0873. The van der Waals surface area contributed by atoms with E-state index in [0.717, 1.165) is 16.7 Å². The SMILES string of the molecule is O=C1CCC(N2Cc3c(OCc4ccc(CN5CCC(F)(F)C5)cc4)cccc3C2O)C(=O)N1. The number of piperidine rings is 1. The van der Waals surface area contributed by atoms with E-state index in [1.165, 1.54) is 0 Å². The molecule has 2 unspecified atom stereocenters. The summed E-state index contributed by atoms with van der Waals surface area (Å²) in [6.45, 7) is 1.36. The Morgan fingerprint density at radius 3 is 2.59 bits per heavy atom. The van der Waals surface area contributed by atoms with E-state index in [1.807, 2.05) is 36.4 Å². The van der Waals surface area contributed by atoms with Gasteiger partial charge in [-0.3, -0.25) is 24.7 Å². The monoisotopic (exact) mass is 471 g/mol. The fraction of sp³-hybridized carbons (Fsp3) is 0.440. The van der Waals surface area contributed by atoms with Crippen LogP contribution in [0.3, 0.4) is 0 Å². The Kier molecular flexibility index (Phi) is 6.09. The van der Waals surface area contributed by atoms with Crippen molar-refractivity contribution >= 4 is 11.8 Å². The van der Waals surface area contributed by atoms with E-state index >= 15 is 0 Å². The number of aliphatic hydroxyl groups is 1. The molecule has 180 valence electrons. The predicted octanol–water partition coefficient (Wildman–Crippen LogP) is 2.72. The average molecular weight is 472 g/mol. The van der Waals surface area contributed by atoms with Gasteiger partial charge in [-0.1, -0.05) is 36.4 Å². The molecule has 0 aromatic heterocycles. The number of alkyl halides is 2. The van der Waals surface area contributed by atoms with Crippen LogP contribution in [0.2, 0.25) is 0 Å². The third kappa shape index (κ3) is 4.68. The predicted molar refractivity (Wildman–Crippen MR) is 119 cm³/mol. The van der Waals surface area contributed by atoms with E-state index in [1.54, 1.807) is 15.9 Å². The number of amides is 2. The molecule has 5 rings (SSSR count). The van der Waals surface area contributed by atoms with Gasteiger partial charge in [0.05, 0.1) is 12.6 Å². The van der Waals surface area contributed by atoms with Crippen LogP contribution in [-0.2, 0) is 29.3 Å². The van der Waals surface area contributed by atoms with E-state index in [-0.39, 0.29) is 31.2 Å². The number of likely N-dealkylation sites (tertiary alicyclic amines) is 1. The van der Waals surface area contributed by atoms with Gasteiger partial charge in [0.25, 0.3) is 5.92 Å². The second-order valence-corrected chi connectivity index (χ2v) is 9.26. The van der Waals surface area contributed by atoms with Crippen molar-refractivity contribution in [2.75, 3.05) is 13.1 Å². The normalized spacial score (nSPS) is 24.8. The van der Waals surface area contributed by atoms with Gasteiger partial charge in [0.1, 0.15) is 18.6 Å². The van der Waals surface area contributed by atoms with Crippen LogP contribution in [-0.4, -0.2) is 51.8 Å². The zero-order chi connectivity index (χ0) is 23.9. The molecular weight excluding hydrogens is 444 g/mol. The Morgan fingerprint density at radius 1 is 1.12 bits per heavy atom. The fourth-order valence-corrected chi connectivity index (χ4v) is 4.96. The molecule has 3 aliphatic heterocycles. The molecule has 0 spiro atoms. The van der Waals surface area contributed by atoms with Gasteiger partial charge in [0.15, 0.2) is 0 Å². The molecule has 34 heavy (non-hydrogen) atoms. The standard InChI is InChI=1S/C25H27F2N3O4/c26-25(27)10-11-29(15-25)12-16-4-6-17(7-5-16)14-34-21-3-1-2-18-19(21)13-30(24(18)33)20-8-9-22(31)28-23(20)32/h1-7,20,24,33H,8-15H2,(H,28,31,32). The van der Waals surface area contributed by atoms with E-state index in [4.69, 9.17) is 4.74 Å². The maximum atomic E-state index is 13.4. The Bertz CT molecular complexity index is 1090. The molecule has 2 aromatic carbocycles. The lowest BCUT2D eigenvalue weighted by molar-refractivity contribution is -0.141. The molecule has 2 fully saturated rings. The van der Waals surface area contributed by atoms with E-state index in [9.17, 15) is 23.5 Å². The summed E-state index contributed by atoms with van der Waals surface area (Å²) < 4.78 is 32.9. The second kappa shape index (κ2) is 9.05. The number of imide groups is 1. The number of nitrogens with zero attached hydrogens (tertiary/aromatic N) is 2. The van der Waals surface area contributed by atoms with E-state index < -0.39 is 18.2 Å². The zero-order valence-corrected chi connectivity index (χ0v) is 18.7. The van der Waals surface area contributed by atoms with Gasteiger partial charge in [-0.25, -0.2) is 8.78 Å². The van der Waals surface area contributed by atoms with Gasteiger partial charge in [0.2, 0.25) is 11.8 Å². The molecule has 0 radical (unpaired) electrons. The maximum Gasteiger partial charge on any atom is 0.261 e. The lowest BCUT2D eigenvalue weighted by Crippen LogP contribution is -2.51. The number of carbonyl (C=O) groups is 2. The molecule has 7 nitrogen and oxygen atoms in total. The number of hydrogen-bond acceptors (Lipinski definition) is 6. The lowest BCUT2D eigenvalue weighted by Gasteiger charge is -2.31. The average Bonchev–Trinajstić information content (AvgIpc) is 3.32. The molecule has 2 aromatic rings. The quantitative estimate of drug-likeness (QED) is 0.631. The van der Waals surface area contributed by atoms with Crippen LogP contribution in [0.25, 0.3) is 0 Å². The van der Waals surface area contributed by atoms with Crippen molar-refractivity contribution < 1.29 is 28.2 Å². The first kappa shape index (κ1) is 22.9. The number of nitrogens with one attached hydrogen (secondary N) is 1. The Labute approximate surface area is 196 Å². The van der Waals surface area contributed by atoms with Crippen molar-refractivity contribution in [3.05, 3.63) is 64.7 Å². The largest absolute Gasteiger partial charge is 0.489 e. The Morgan fingerprint density at radius 2 is 1.88 bits per heavy atom. The molecule has 9 heteroatoms. The highest BCUT2D eigenvalue weighted by atomic mass is 19.3. The fourth-order valence-electron chi connectivity index (χ4n) is 4.96. The van der Waals surface area contributed by atoms with Crippen LogP contribution in [0.5, 0.6) is 5.75 Å². The number of rotatable bonds is 6. The summed E-state index contributed by atoms with van der Waals surface area (Å²) in [5.74, 6) is -2.63. The van der Waals surface area contributed by atoms with Crippen molar-refractivity contribution in [3.8, 4) is 5.75 Å².